The Bertz CT molecular complexity index is 1160. The molecule has 176 valence electrons. The predicted molar refractivity (Wildman–Crippen MR) is 107 cm³/mol. The zero-order chi connectivity index (χ0) is 24.7. The number of anilines is 3. The van der Waals surface area contributed by atoms with Crippen LogP contribution in [0.3, 0.4) is 0 Å². The fraction of sp³-hybridized carbons (Fsp3) is 0.211. The molecule has 2 aromatic carbocycles. The first-order chi connectivity index (χ1) is 15.2. The third kappa shape index (κ3) is 5.50. The topological polar surface area (TPSA) is 87.3 Å². The van der Waals surface area contributed by atoms with E-state index in [0.29, 0.717) is 12.1 Å². The van der Waals surface area contributed by atoms with Gasteiger partial charge in [0.15, 0.2) is 5.82 Å². The standard InChI is InChI=1S/C19H11Cl2F6N3O3/c20-18(21)6-9(18)16(32)28-7-1-2-10(22)8(5-7)15(31)29-12-4-3-11(23)14(13(12)24)30-17(33)19(25,26)27/h1-5,9H,6H2,(H,28,32)(H,29,31)(H,30,33)/t9-/m1/s1. The van der Waals surface area contributed by atoms with E-state index in [1.807, 2.05) is 5.32 Å². The summed E-state index contributed by atoms with van der Waals surface area (Å²) in [6.07, 6.45) is -5.24. The number of carbonyl (C=O) groups is 3. The van der Waals surface area contributed by atoms with Crippen molar-refractivity contribution >= 4 is 58.0 Å². The number of rotatable bonds is 5. The maximum Gasteiger partial charge on any atom is 0.471 e. The summed E-state index contributed by atoms with van der Waals surface area (Å²) >= 11 is 11.6. The second kappa shape index (κ2) is 8.75. The summed E-state index contributed by atoms with van der Waals surface area (Å²) < 4.78 is 78.3. The lowest BCUT2D eigenvalue weighted by Gasteiger charge is -2.14. The van der Waals surface area contributed by atoms with E-state index in [-0.39, 0.29) is 12.1 Å². The number of amides is 3. The van der Waals surface area contributed by atoms with E-state index in [4.69, 9.17) is 23.2 Å². The maximum atomic E-state index is 14.5. The molecule has 3 N–H and O–H groups in total. The van der Waals surface area contributed by atoms with Gasteiger partial charge in [0, 0.05) is 5.69 Å². The normalized spacial score (nSPS) is 16.7. The van der Waals surface area contributed by atoms with Crippen molar-refractivity contribution in [2.45, 2.75) is 16.9 Å². The van der Waals surface area contributed by atoms with E-state index in [1.165, 1.54) is 0 Å². The first kappa shape index (κ1) is 24.6. The van der Waals surface area contributed by atoms with Gasteiger partial charge >= 0.3 is 12.1 Å². The van der Waals surface area contributed by atoms with Crippen LogP contribution in [0.25, 0.3) is 0 Å². The van der Waals surface area contributed by atoms with Gasteiger partial charge in [0.05, 0.1) is 17.2 Å². The lowest BCUT2D eigenvalue weighted by Crippen LogP contribution is -2.31. The molecule has 0 aromatic heterocycles. The highest BCUT2D eigenvalue weighted by atomic mass is 35.5. The molecule has 1 atom stereocenters. The second-order valence-corrected chi connectivity index (χ2v) is 8.43. The Hall–Kier alpha value is -2.99. The fourth-order valence-electron chi connectivity index (χ4n) is 2.64. The molecule has 1 saturated carbocycles. The third-order valence-electron chi connectivity index (χ3n) is 4.46. The minimum Gasteiger partial charge on any atom is -0.326 e. The highest BCUT2D eigenvalue weighted by Crippen LogP contribution is 2.53. The van der Waals surface area contributed by atoms with Crippen LogP contribution in [0.2, 0.25) is 0 Å². The van der Waals surface area contributed by atoms with Gasteiger partial charge in [0.25, 0.3) is 5.91 Å². The summed E-state index contributed by atoms with van der Waals surface area (Å²) in [6, 6.07) is 3.99. The molecule has 3 amide bonds. The van der Waals surface area contributed by atoms with Crippen molar-refractivity contribution in [2.75, 3.05) is 16.0 Å². The zero-order valence-corrected chi connectivity index (χ0v) is 17.4. The number of carbonyl (C=O) groups excluding carboxylic acids is 3. The zero-order valence-electron chi connectivity index (χ0n) is 15.9. The van der Waals surface area contributed by atoms with Crippen LogP contribution in [0.15, 0.2) is 30.3 Å². The average Bonchev–Trinajstić information content (AvgIpc) is 3.36. The Morgan fingerprint density at radius 2 is 1.55 bits per heavy atom. The molecule has 1 fully saturated rings. The molecule has 3 rings (SSSR count). The summed E-state index contributed by atoms with van der Waals surface area (Å²) in [5, 5.41) is 5.27. The van der Waals surface area contributed by atoms with Crippen LogP contribution >= 0.6 is 23.2 Å². The lowest BCUT2D eigenvalue weighted by molar-refractivity contribution is -0.167. The molecule has 0 heterocycles. The van der Waals surface area contributed by atoms with Gasteiger partial charge in [-0.25, -0.2) is 13.2 Å². The van der Waals surface area contributed by atoms with Crippen LogP contribution in [0.4, 0.5) is 43.4 Å². The van der Waals surface area contributed by atoms with Crippen molar-refractivity contribution in [2.24, 2.45) is 5.92 Å². The quantitative estimate of drug-likeness (QED) is 0.388. The van der Waals surface area contributed by atoms with E-state index < -0.39 is 68.5 Å². The maximum absolute atomic E-state index is 14.5. The number of nitrogens with one attached hydrogen (secondary N) is 3. The van der Waals surface area contributed by atoms with Gasteiger partial charge < -0.3 is 16.0 Å². The number of halogens is 8. The molecule has 0 saturated heterocycles. The average molecular weight is 514 g/mol. The second-order valence-electron chi connectivity index (χ2n) is 6.89. The van der Waals surface area contributed by atoms with Crippen molar-refractivity contribution in [3.05, 3.63) is 53.3 Å². The van der Waals surface area contributed by atoms with Crippen molar-refractivity contribution < 1.29 is 40.7 Å². The van der Waals surface area contributed by atoms with E-state index in [9.17, 15) is 40.7 Å². The van der Waals surface area contributed by atoms with Gasteiger partial charge in [-0.15, -0.1) is 23.2 Å². The molecule has 2 aromatic rings. The Kier molecular flexibility index (Phi) is 6.53. The summed E-state index contributed by atoms with van der Waals surface area (Å²) in [4.78, 5) is 35.5. The minimum absolute atomic E-state index is 0.0275. The van der Waals surface area contributed by atoms with Gasteiger partial charge in [0.1, 0.15) is 21.7 Å². The fourth-order valence-corrected chi connectivity index (χ4v) is 3.15. The van der Waals surface area contributed by atoms with Crippen molar-refractivity contribution in [3.8, 4) is 0 Å². The molecular formula is C19H11Cl2F6N3O3. The Labute approximate surface area is 191 Å². The molecule has 0 aliphatic heterocycles. The molecule has 6 nitrogen and oxygen atoms in total. The predicted octanol–water partition coefficient (Wildman–Crippen LogP) is 4.99. The smallest absolute Gasteiger partial charge is 0.326 e. The summed E-state index contributed by atoms with van der Waals surface area (Å²) in [7, 11) is 0. The molecular weight excluding hydrogens is 503 g/mol. The number of hydrogen-bond donors (Lipinski definition) is 3. The van der Waals surface area contributed by atoms with Gasteiger partial charge in [-0.1, -0.05) is 0 Å². The molecule has 0 radical (unpaired) electrons. The van der Waals surface area contributed by atoms with E-state index in [1.54, 1.807) is 0 Å². The molecule has 0 unspecified atom stereocenters. The highest BCUT2D eigenvalue weighted by molar-refractivity contribution is 6.52. The lowest BCUT2D eigenvalue weighted by atomic mass is 10.1. The van der Waals surface area contributed by atoms with Crippen LogP contribution in [-0.4, -0.2) is 28.2 Å². The monoisotopic (exact) mass is 513 g/mol. The number of alkyl halides is 5. The summed E-state index contributed by atoms with van der Waals surface area (Å²) in [5.74, 6) is -9.61. The Morgan fingerprint density at radius 1 is 0.939 bits per heavy atom. The third-order valence-corrected chi connectivity index (χ3v) is 5.29. The first-order valence-electron chi connectivity index (χ1n) is 8.86. The minimum atomic E-state index is -5.43. The highest BCUT2D eigenvalue weighted by Gasteiger charge is 2.56. The molecule has 33 heavy (non-hydrogen) atoms. The Balaban J connectivity index is 1.80. The molecule has 0 spiro atoms. The van der Waals surface area contributed by atoms with E-state index in [0.717, 1.165) is 23.5 Å². The van der Waals surface area contributed by atoms with Gasteiger partial charge in [-0.3, -0.25) is 14.4 Å². The van der Waals surface area contributed by atoms with Crippen LogP contribution in [0.5, 0.6) is 0 Å². The summed E-state index contributed by atoms with van der Waals surface area (Å²) in [5.41, 5.74) is -3.03. The van der Waals surface area contributed by atoms with Crippen molar-refractivity contribution in [1.29, 1.82) is 0 Å². The van der Waals surface area contributed by atoms with Crippen LogP contribution in [0.1, 0.15) is 16.8 Å². The van der Waals surface area contributed by atoms with Crippen molar-refractivity contribution in [1.82, 2.24) is 0 Å². The van der Waals surface area contributed by atoms with E-state index in [2.05, 4.69) is 5.32 Å². The van der Waals surface area contributed by atoms with E-state index >= 15 is 0 Å². The summed E-state index contributed by atoms with van der Waals surface area (Å²) in [6.45, 7) is 0. The number of benzene rings is 2. The largest absolute Gasteiger partial charge is 0.471 e. The van der Waals surface area contributed by atoms with Crippen LogP contribution in [-0.2, 0) is 9.59 Å². The molecule has 1 aliphatic rings. The van der Waals surface area contributed by atoms with Crippen LogP contribution < -0.4 is 16.0 Å². The first-order valence-corrected chi connectivity index (χ1v) is 9.62. The van der Waals surface area contributed by atoms with Gasteiger partial charge in [-0.2, -0.15) is 13.2 Å². The number of hydrogen-bond acceptors (Lipinski definition) is 3. The van der Waals surface area contributed by atoms with Crippen molar-refractivity contribution in [3.63, 3.8) is 0 Å². The molecule has 0 bridgehead atoms. The Morgan fingerprint density at radius 3 is 2.12 bits per heavy atom. The molecule has 14 heteroatoms. The van der Waals surface area contributed by atoms with Gasteiger partial charge in [0.2, 0.25) is 5.91 Å². The molecule has 1 aliphatic carbocycles. The van der Waals surface area contributed by atoms with Gasteiger partial charge in [-0.05, 0) is 36.8 Å². The SMILES string of the molecule is O=C(Nc1ccc(F)c(NC(=O)C(F)(F)F)c1F)c1cc(NC(=O)[C@H]2CC2(Cl)Cl)ccc1F. The van der Waals surface area contributed by atoms with Crippen LogP contribution in [0, 0.1) is 23.4 Å².